The number of hydrogen-bond donors (Lipinski definition) is 2. The number of anilines is 1. The largest absolute Gasteiger partial charge is 0.459 e. The van der Waals surface area contributed by atoms with Crippen molar-refractivity contribution in [1.82, 2.24) is 9.62 Å². The van der Waals surface area contributed by atoms with Gasteiger partial charge in [-0.05, 0) is 37.3 Å². The molecule has 1 aliphatic rings. The van der Waals surface area contributed by atoms with Crippen molar-refractivity contribution in [1.29, 1.82) is 0 Å². The van der Waals surface area contributed by atoms with Gasteiger partial charge in [0.25, 0.3) is 0 Å². The molecule has 2 heterocycles. The molecule has 1 fully saturated rings. The maximum absolute atomic E-state index is 12.8. The molecule has 3 aromatic rings. The van der Waals surface area contributed by atoms with Crippen molar-refractivity contribution >= 4 is 32.7 Å². The minimum atomic E-state index is -3.63. The number of nitrogens with one attached hydrogen (secondary N) is 2. The molecule has 4 rings (SSSR count). The maximum Gasteiger partial charge on any atom is 0.319 e. The van der Waals surface area contributed by atoms with E-state index in [-0.39, 0.29) is 10.9 Å². The van der Waals surface area contributed by atoms with Gasteiger partial charge in [0, 0.05) is 24.2 Å². The number of ether oxygens (including phenoxy) is 1. The van der Waals surface area contributed by atoms with Gasteiger partial charge in [0.1, 0.15) is 11.3 Å². The molecule has 1 aromatic heterocycles. The van der Waals surface area contributed by atoms with Gasteiger partial charge in [-0.25, -0.2) is 13.2 Å². The van der Waals surface area contributed by atoms with Crippen molar-refractivity contribution in [2.24, 2.45) is 0 Å². The fraction of sp³-hybridized carbons (Fsp3) is 0.286. The lowest BCUT2D eigenvalue weighted by Crippen LogP contribution is -2.40. The molecule has 9 heteroatoms. The fourth-order valence-electron chi connectivity index (χ4n) is 3.32. The molecular weight excluding hydrogens is 406 g/mol. The number of fused-ring (bicyclic) bond motifs is 1. The number of morpholine rings is 1. The molecule has 0 bridgehead atoms. The van der Waals surface area contributed by atoms with E-state index in [0.29, 0.717) is 37.8 Å². The topological polar surface area (TPSA) is 101 Å². The smallest absolute Gasteiger partial charge is 0.319 e. The van der Waals surface area contributed by atoms with E-state index in [9.17, 15) is 13.2 Å². The Hall–Kier alpha value is -2.88. The van der Waals surface area contributed by atoms with Crippen LogP contribution < -0.4 is 10.6 Å². The highest BCUT2D eigenvalue weighted by atomic mass is 32.2. The molecule has 1 aliphatic heterocycles. The Morgan fingerprint density at radius 3 is 2.60 bits per heavy atom. The number of furan rings is 1. The van der Waals surface area contributed by atoms with Crippen LogP contribution in [0.2, 0.25) is 0 Å². The van der Waals surface area contributed by atoms with Crippen molar-refractivity contribution < 1.29 is 22.4 Å². The van der Waals surface area contributed by atoms with Crippen molar-refractivity contribution in [3.8, 4) is 0 Å². The van der Waals surface area contributed by atoms with Gasteiger partial charge >= 0.3 is 6.03 Å². The standard InChI is InChI=1S/C21H23N3O5S/c1-15(20-13-16-5-2-3-8-19(16)29-20)22-21(25)23-17-6-4-7-18(14-17)30(26,27)24-9-11-28-12-10-24/h2-8,13-15H,9-12H2,1H3,(H2,22,23,25)/t15-/m1/s1. The Balaban J connectivity index is 1.43. The number of benzene rings is 2. The van der Waals surface area contributed by atoms with Crippen LogP contribution in [0.1, 0.15) is 18.7 Å². The lowest BCUT2D eigenvalue weighted by molar-refractivity contribution is 0.0730. The van der Waals surface area contributed by atoms with Crippen molar-refractivity contribution in [3.05, 3.63) is 60.4 Å². The summed E-state index contributed by atoms with van der Waals surface area (Å²) in [6.07, 6.45) is 0. The van der Waals surface area contributed by atoms with E-state index < -0.39 is 16.1 Å². The second-order valence-corrected chi connectivity index (χ2v) is 8.99. The third kappa shape index (κ3) is 4.33. The minimum Gasteiger partial charge on any atom is -0.459 e. The van der Waals surface area contributed by atoms with E-state index in [1.165, 1.54) is 16.4 Å². The van der Waals surface area contributed by atoms with Gasteiger partial charge in [0.05, 0.1) is 24.2 Å². The Morgan fingerprint density at radius 1 is 1.07 bits per heavy atom. The van der Waals surface area contributed by atoms with Crippen LogP contribution in [-0.2, 0) is 14.8 Å². The van der Waals surface area contributed by atoms with Crippen LogP contribution in [-0.4, -0.2) is 45.1 Å². The van der Waals surface area contributed by atoms with E-state index in [0.717, 1.165) is 11.0 Å². The molecular formula is C21H23N3O5S. The predicted octanol–water partition coefficient (Wildman–Crippen LogP) is 3.34. The van der Waals surface area contributed by atoms with Gasteiger partial charge in [0.2, 0.25) is 10.0 Å². The normalized spacial score (nSPS) is 16.3. The monoisotopic (exact) mass is 429 g/mol. The molecule has 1 saturated heterocycles. The molecule has 30 heavy (non-hydrogen) atoms. The summed E-state index contributed by atoms with van der Waals surface area (Å²) in [5, 5.41) is 6.46. The zero-order valence-electron chi connectivity index (χ0n) is 16.5. The Bertz CT molecular complexity index is 1120. The average Bonchev–Trinajstić information content (AvgIpc) is 3.19. The van der Waals surface area contributed by atoms with Crippen LogP contribution in [0.5, 0.6) is 0 Å². The van der Waals surface area contributed by atoms with Gasteiger partial charge < -0.3 is 19.8 Å². The first-order chi connectivity index (χ1) is 14.4. The van der Waals surface area contributed by atoms with Crippen LogP contribution in [0.25, 0.3) is 11.0 Å². The molecule has 158 valence electrons. The fourth-order valence-corrected chi connectivity index (χ4v) is 4.78. The number of nitrogens with zero attached hydrogens (tertiary/aromatic N) is 1. The van der Waals surface area contributed by atoms with E-state index >= 15 is 0 Å². The molecule has 0 radical (unpaired) electrons. The van der Waals surface area contributed by atoms with E-state index in [2.05, 4.69) is 10.6 Å². The number of hydrogen-bond acceptors (Lipinski definition) is 5. The summed E-state index contributed by atoms with van der Waals surface area (Å²) >= 11 is 0. The Morgan fingerprint density at radius 2 is 1.83 bits per heavy atom. The second-order valence-electron chi connectivity index (χ2n) is 7.05. The SMILES string of the molecule is C[C@@H](NC(=O)Nc1cccc(S(=O)(=O)N2CCOCC2)c1)c1cc2ccccc2o1. The molecule has 1 atom stereocenters. The molecule has 0 aliphatic carbocycles. The van der Waals surface area contributed by atoms with Gasteiger partial charge in [-0.3, -0.25) is 0 Å². The first-order valence-electron chi connectivity index (χ1n) is 9.67. The summed E-state index contributed by atoms with van der Waals surface area (Å²) in [4.78, 5) is 12.6. The zero-order chi connectivity index (χ0) is 21.1. The lowest BCUT2D eigenvalue weighted by Gasteiger charge is -2.26. The van der Waals surface area contributed by atoms with E-state index in [1.54, 1.807) is 12.1 Å². The zero-order valence-corrected chi connectivity index (χ0v) is 17.3. The lowest BCUT2D eigenvalue weighted by atomic mass is 10.2. The highest BCUT2D eigenvalue weighted by Crippen LogP contribution is 2.24. The first-order valence-corrected chi connectivity index (χ1v) is 11.1. The molecule has 2 aromatic carbocycles. The summed E-state index contributed by atoms with van der Waals surface area (Å²) in [6.45, 7) is 3.19. The Labute approximate surface area is 174 Å². The maximum atomic E-state index is 12.8. The minimum absolute atomic E-state index is 0.132. The second kappa shape index (κ2) is 8.47. The molecule has 2 amide bonds. The molecule has 2 N–H and O–H groups in total. The Kier molecular flexibility index (Phi) is 5.76. The van der Waals surface area contributed by atoms with E-state index in [4.69, 9.17) is 9.15 Å². The van der Waals surface area contributed by atoms with Crippen molar-refractivity contribution in [3.63, 3.8) is 0 Å². The summed E-state index contributed by atoms with van der Waals surface area (Å²) in [5.41, 5.74) is 1.14. The van der Waals surface area contributed by atoms with Crippen LogP contribution in [0.4, 0.5) is 10.5 Å². The summed E-state index contributed by atoms with van der Waals surface area (Å²) in [6, 6.07) is 14.9. The number of para-hydroxylation sites is 1. The predicted molar refractivity (Wildman–Crippen MR) is 113 cm³/mol. The van der Waals surface area contributed by atoms with Gasteiger partial charge in [-0.2, -0.15) is 4.31 Å². The summed E-state index contributed by atoms with van der Waals surface area (Å²) in [5.74, 6) is 0.634. The van der Waals surface area contributed by atoms with Crippen LogP contribution in [0.15, 0.2) is 63.9 Å². The van der Waals surface area contributed by atoms with Crippen molar-refractivity contribution in [2.75, 3.05) is 31.6 Å². The summed E-state index contributed by atoms with van der Waals surface area (Å²) < 4.78 is 38.0. The summed E-state index contributed by atoms with van der Waals surface area (Å²) in [7, 11) is -3.63. The third-order valence-corrected chi connectivity index (χ3v) is 6.81. The first kappa shape index (κ1) is 20.4. The quantitative estimate of drug-likeness (QED) is 0.648. The number of carbonyl (C=O) groups is 1. The van der Waals surface area contributed by atoms with Gasteiger partial charge in [-0.1, -0.05) is 24.3 Å². The van der Waals surface area contributed by atoms with Crippen LogP contribution >= 0.6 is 0 Å². The molecule has 0 unspecified atom stereocenters. The third-order valence-electron chi connectivity index (χ3n) is 4.92. The van der Waals surface area contributed by atoms with E-state index in [1.807, 2.05) is 37.3 Å². The number of rotatable bonds is 5. The van der Waals surface area contributed by atoms with Crippen molar-refractivity contribution in [2.45, 2.75) is 17.9 Å². The molecule has 0 spiro atoms. The van der Waals surface area contributed by atoms with Crippen LogP contribution in [0, 0.1) is 0 Å². The van der Waals surface area contributed by atoms with Crippen LogP contribution in [0.3, 0.4) is 0 Å². The molecule has 8 nitrogen and oxygen atoms in total. The number of urea groups is 1. The number of carbonyl (C=O) groups excluding carboxylic acids is 1. The number of amides is 2. The number of sulfonamides is 1. The van der Waals surface area contributed by atoms with Gasteiger partial charge in [-0.15, -0.1) is 0 Å². The van der Waals surface area contributed by atoms with Gasteiger partial charge in [0.15, 0.2) is 0 Å². The highest BCUT2D eigenvalue weighted by Gasteiger charge is 2.26. The highest BCUT2D eigenvalue weighted by molar-refractivity contribution is 7.89. The molecule has 0 saturated carbocycles. The average molecular weight is 429 g/mol.